The number of ketones is 1. The van der Waals surface area contributed by atoms with Gasteiger partial charge in [-0.1, -0.05) is 92.2 Å². The summed E-state index contributed by atoms with van der Waals surface area (Å²) in [5.41, 5.74) is 16.0. The minimum Gasteiger partial charge on any atom is -0.508 e. The highest BCUT2D eigenvalue weighted by Gasteiger charge is 2.61. The quantitative estimate of drug-likeness (QED) is 0.0903. The molecule has 10 atom stereocenters. The van der Waals surface area contributed by atoms with Gasteiger partial charge < -0.3 is 41.0 Å². The molecule has 3 aromatic carbocycles. The van der Waals surface area contributed by atoms with E-state index < -0.39 is 10.8 Å². The fourth-order valence-electron chi connectivity index (χ4n) is 17.4. The van der Waals surface area contributed by atoms with Crippen LogP contribution in [0.15, 0.2) is 88.5 Å². The molecule has 10 heteroatoms. The van der Waals surface area contributed by atoms with E-state index in [9.17, 15) is 25.2 Å². The first-order valence-electron chi connectivity index (χ1n) is 29.4. The number of carbonyl (C=O) groups is 1. The number of aromatic hydroxyl groups is 2. The smallest absolute Gasteiger partial charge is 0.189 e. The monoisotopic (exact) mass is 1030 g/mol. The van der Waals surface area contributed by atoms with Crippen LogP contribution in [0.5, 0.6) is 17.2 Å². The minimum atomic E-state index is -0.450. The number of aliphatic hydroxyl groups is 2. The maximum Gasteiger partial charge on any atom is 0.189 e. The van der Waals surface area contributed by atoms with Crippen LogP contribution in [0, 0.1) is 46.3 Å². The Hall–Kier alpha value is -5.34. The van der Waals surface area contributed by atoms with Gasteiger partial charge in [0.2, 0.25) is 0 Å². The third-order valence-electron chi connectivity index (χ3n) is 20.7. The van der Waals surface area contributed by atoms with Gasteiger partial charge in [0, 0.05) is 48.3 Å². The molecule has 0 saturated heterocycles. The second kappa shape index (κ2) is 20.8. The summed E-state index contributed by atoms with van der Waals surface area (Å²) >= 11 is 0. The molecule has 0 aromatic heterocycles. The molecule has 7 N–H and O–H groups in total. The van der Waals surface area contributed by atoms with Gasteiger partial charge in [0.25, 0.3) is 0 Å². The van der Waals surface area contributed by atoms with Crippen molar-refractivity contribution >= 4 is 11.7 Å². The summed E-state index contributed by atoms with van der Waals surface area (Å²) < 4.78 is 13.7. The fourth-order valence-corrected chi connectivity index (χ4v) is 17.4. The molecule has 1 heterocycles. The molecule has 10 nitrogen and oxygen atoms in total. The molecule has 76 heavy (non-hydrogen) atoms. The van der Waals surface area contributed by atoms with Crippen LogP contribution in [-0.2, 0) is 27.9 Å². The Balaban J connectivity index is 1.06. The van der Waals surface area contributed by atoms with Gasteiger partial charge in [-0.3, -0.25) is 4.79 Å². The summed E-state index contributed by atoms with van der Waals surface area (Å²) in [5, 5.41) is 50.6. The average Bonchev–Trinajstić information content (AvgIpc) is 4.01. The number of nitrogens with two attached hydrogens (primary N) is 1. The van der Waals surface area contributed by atoms with Crippen molar-refractivity contribution in [2.75, 3.05) is 20.3 Å². The summed E-state index contributed by atoms with van der Waals surface area (Å²) in [7, 11) is 1.85. The van der Waals surface area contributed by atoms with Gasteiger partial charge in [-0.05, 0) is 195 Å². The maximum atomic E-state index is 14.9. The molecule has 8 aliphatic carbocycles. The number of phenolic OH excluding ortho intramolecular Hbond substituents is 2. The lowest BCUT2D eigenvalue weighted by Gasteiger charge is -2.62. The number of hydrogen-bond donors (Lipinski definition) is 6. The second-order valence-corrected chi connectivity index (χ2v) is 25.1. The number of hydrogen-bond acceptors (Lipinski definition) is 10. The lowest BCUT2D eigenvalue weighted by atomic mass is 9.43. The van der Waals surface area contributed by atoms with Crippen molar-refractivity contribution in [2.45, 2.75) is 184 Å². The zero-order chi connectivity index (χ0) is 52.3. The lowest BCUT2D eigenvalue weighted by molar-refractivity contribution is -0.116. The number of aliphatic hydroxyl groups excluding tert-OH is 2. The van der Waals surface area contributed by atoms with Gasteiger partial charge in [0.05, 0.1) is 37.0 Å². The number of phenols is 2. The van der Waals surface area contributed by atoms with E-state index >= 15 is 0 Å². The Bertz CT molecular complexity index is 2930. The molecule has 1 aliphatic heterocycles. The van der Waals surface area contributed by atoms with Crippen LogP contribution < -0.4 is 15.8 Å². The molecule has 9 aliphatic rings. The topological polar surface area (TPSA) is 167 Å². The Kier molecular flexibility index (Phi) is 14.1. The second-order valence-electron chi connectivity index (χ2n) is 25.1. The van der Waals surface area contributed by atoms with Crippen LogP contribution >= 0.6 is 0 Å². The van der Waals surface area contributed by atoms with E-state index in [-0.39, 0.29) is 90.3 Å². The summed E-state index contributed by atoms with van der Waals surface area (Å²) in [6.45, 7) is 2.18. The molecule has 2 spiro atoms. The summed E-state index contributed by atoms with van der Waals surface area (Å²) in [4.78, 5) is 20.3. The highest BCUT2D eigenvalue weighted by molar-refractivity contribution is 5.96. The van der Waals surface area contributed by atoms with Gasteiger partial charge in [-0.2, -0.15) is 0 Å². The van der Waals surface area contributed by atoms with E-state index in [0.29, 0.717) is 61.7 Å². The number of ether oxygens (including phenoxy) is 2. The van der Waals surface area contributed by atoms with Crippen molar-refractivity contribution in [3.63, 3.8) is 0 Å². The van der Waals surface area contributed by atoms with Gasteiger partial charge >= 0.3 is 0 Å². The Morgan fingerprint density at radius 3 is 2.59 bits per heavy atom. The largest absolute Gasteiger partial charge is 0.508 e. The van der Waals surface area contributed by atoms with Gasteiger partial charge in [0.1, 0.15) is 5.75 Å². The zero-order valence-corrected chi connectivity index (χ0v) is 45.1. The number of rotatable bonds is 9. The van der Waals surface area contributed by atoms with Crippen molar-refractivity contribution in [1.29, 1.82) is 0 Å². The van der Waals surface area contributed by atoms with Crippen molar-refractivity contribution in [2.24, 2.45) is 45.2 Å². The van der Waals surface area contributed by atoms with Crippen LogP contribution in [0.1, 0.15) is 186 Å². The van der Waals surface area contributed by atoms with Gasteiger partial charge in [0.15, 0.2) is 23.2 Å². The van der Waals surface area contributed by atoms with Crippen LogP contribution in [0.4, 0.5) is 0 Å². The molecule has 0 unspecified atom stereocenters. The molecule has 402 valence electrons. The lowest BCUT2D eigenvalue weighted by Crippen LogP contribution is -2.54. The van der Waals surface area contributed by atoms with E-state index in [2.05, 4.69) is 72.6 Å². The normalized spacial score (nSPS) is 32.5. The first-order chi connectivity index (χ1) is 36.9. The molecular formula is C66H81N3O7. The summed E-state index contributed by atoms with van der Waals surface area (Å²) in [6, 6.07) is 17.0. The van der Waals surface area contributed by atoms with E-state index in [0.717, 1.165) is 123 Å². The molecule has 3 aromatic rings. The number of nitrogens with zero attached hydrogens (tertiary/aromatic N) is 1. The Morgan fingerprint density at radius 2 is 1.79 bits per heavy atom. The molecule has 4 saturated carbocycles. The predicted molar refractivity (Wildman–Crippen MR) is 297 cm³/mol. The zero-order valence-electron chi connectivity index (χ0n) is 45.1. The number of allylic oxidation sites excluding steroid dienone is 4. The van der Waals surface area contributed by atoms with Crippen LogP contribution in [0.3, 0.4) is 0 Å². The van der Waals surface area contributed by atoms with E-state index in [1.165, 1.54) is 23.1 Å². The molecular weight excluding hydrogens is 947 g/mol. The van der Waals surface area contributed by atoms with Gasteiger partial charge in [-0.15, -0.1) is 0 Å². The summed E-state index contributed by atoms with van der Waals surface area (Å²) in [5.74, 6) is 8.78. The minimum absolute atomic E-state index is 0.00863. The molecule has 0 amide bonds. The fraction of sp³-hybridized carbons (Fsp3) is 0.576. The number of guanidine groups is 1. The van der Waals surface area contributed by atoms with Crippen molar-refractivity contribution < 1.29 is 34.7 Å². The molecule has 4 fully saturated rings. The Labute approximate surface area is 450 Å². The van der Waals surface area contributed by atoms with Gasteiger partial charge in [-0.25, -0.2) is 4.99 Å². The summed E-state index contributed by atoms with van der Waals surface area (Å²) in [6.07, 6.45) is 24.8. The number of aliphatic imine (C=N–C) groups is 1. The number of methoxy groups -OCH3 is 1. The predicted octanol–water partition coefficient (Wildman–Crippen LogP) is 11.4. The third-order valence-corrected chi connectivity index (χ3v) is 20.7. The molecule has 12 rings (SSSR count). The van der Waals surface area contributed by atoms with E-state index in [1.807, 2.05) is 25.3 Å². The number of fused-ring (bicyclic) bond motifs is 9. The van der Waals surface area contributed by atoms with Crippen molar-refractivity contribution in [3.05, 3.63) is 122 Å². The highest BCUT2D eigenvalue weighted by Crippen LogP contribution is 2.70. The SMILES string of the molecule is CO[C@H]1CC[C@@]23C[C@H](C)C[C@H]4C2=C[C@@H]2C[C@@H](CC#Cc5c(CCC(=O)C6=C(CO)[C@H]7CCC=C[C@@]7(CO)CC6)cc(OC6CCCC6)c(O)c5[C@@H]3[C@@H]21)N=C(N)NC1(CCCCC1)c1cccc(c1)Cc1cc(O)cc4c1. The van der Waals surface area contributed by atoms with Crippen LogP contribution in [0.25, 0.3) is 0 Å². The van der Waals surface area contributed by atoms with Crippen molar-refractivity contribution in [1.82, 2.24) is 5.32 Å². The molecule has 10 bridgehead atoms. The molecule has 0 radical (unpaired) electrons. The number of nitrogens with one attached hydrogen (secondary N) is 1. The third kappa shape index (κ3) is 9.12. The van der Waals surface area contributed by atoms with Crippen LogP contribution in [-0.4, -0.2) is 70.7 Å². The first kappa shape index (κ1) is 51.4. The van der Waals surface area contributed by atoms with Crippen LogP contribution in [0.2, 0.25) is 0 Å². The van der Waals surface area contributed by atoms with E-state index in [1.54, 1.807) is 0 Å². The Morgan fingerprint density at radius 1 is 0.947 bits per heavy atom. The number of aryl methyl sites for hydroxylation is 1. The maximum absolute atomic E-state index is 14.9. The standard InChI is InChI=1S/C66H81N3O7/c1-40-28-52-44-30-42(32-48(72)34-44)29-41-12-10-13-46(31-41)66(24-7-3-8-25-66)69-63(67)68-47-14-11-17-50-43(19-20-56(73)51-21-26-64(39-71)23-9-6-18-54(64)53(51)38-70)36-58(76-49-15-4-5-16-49)62(74)60(50)61-59-45(33-47)35-55(52)65(61,37-40)27-22-57(59)75-2/h9-10,12-13,23,30-32,34-36,40,45,47,49,52,54,57,59,61,70-72,74H,3-8,14-16,18-22,24-29,33,37-39H2,1-2H3,(H3,67,68,69)/t40-,45+,47-,52-,54-,57+,59+,61+,64+,65-/m1/s1. The number of Topliss-reactive ketones (excluding diaryl/α,β-unsaturated/α-hetero) is 1. The number of carbonyl (C=O) groups excluding carboxylic acids is 1. The first-order valence-corrected chi connectivity index (χ1v) is 29.4. The highest BCUT2D eigenvalue weighted by atomic mass is 16.5. The van der Waals surface area contributed by atoms with E-state index in [4.69, 9.17) is 20.2 Å². The van der Waals surface area contributed by atoms with Crippen molar-refractivity contribution in [3.8, 4) is 29.1 Å². The average molecular weight is 1030 g/mol. The number of benzene rings is 3.